The van der Waals surface area contributed by atoms with E-state index in [9.17, 15) is 14.0 Å². The molecule has 2 heterocycles. The van der Waals surface area contributed by atoms with Gasteiger partial charge in [-0.15, -0.1) is 0 Å². The molecule has 2 N–H and O–H groups in total. The Hall–Kier alpha value is -2.64. The van der Waals surface area contributed by atoms with Gasteiger partial charge in [-0.05, 0) is 67.9 Å². The summed E-state index contributed by atoms with van der Waals surface area (Å²) in [6.07, 6.45) is 6.66. The van der Waals surface area contributed by atoms with Crippen LogP contribution in [0.5, 0.6) is 0 Å². The molecule has 1 aliphatic carbocycles. The molecule has 0 aliphatic heterocycles. The van der Waals surface area contributed by atoms with Gasteiger partial charge in [0.15, 0.2) is 0 Å². The lowest BCUT2D eigenvalue weighted by molar-refractivity contribution is -0.130. The van der Waals surface area contributed by atoms with Crippen molar-refractivity contribution >= 4 is 46.0 Å². The monoisotopic (exact) mass is 504 g/mol. The molecule has 3 aromatic rings. The predicted octanol–water partition coefficient (Wildman–Crippen LogP) is 4.80. The Kier molecular flexibility index (Phi) is 7.43. The fourth-order valence-corrected chi connectivity index (χ4v) is 5.08. The lowest BCUT2D eigenvalue weighted by atomic mass is 9.96. The second-order valence-electron chi connectivity index (χ2n) is 9.08. The molecule has 4 rings (SSSR count). The van der Waals surface area contributed by atoms with Gasteiger partial charge < -0.3 is 15.2 Å². The van der Waals surface area contributed by atoms with Crippen LogP contribution in [0.4, 0.5) is 4.39 Å². The van der Waals surface area contributed by atoms with Crippen molar-refractivity contribution in [3.05, 3.63) is 63.6 Å². The maximum Gasteiger partial charge on any atom is 0.242 e. The average molecular weight is 505 g/mol. The second-order valence-corrected chi connectivity index (χ2v) is 9.89. The molecule has 1 fully saturated rings. The number of hydrogen-bond acceptors (Lipinski definition) is 3. The van der Waals surface area contributed by atoms with E-state index in [0.29, 0.717) is 17.5 Å². The van der Waals surface area contributed by atoms with Crippen LogP contribution in [0.2, 0.25) is 10.0 Å². The Morgan fingerprint density at radius 3 is 2.76 bits per heavy atom. The number of carbonyl (C=O) groups excluding carboxylic acids is 2. The summed E-state index contributed by atoms with van der Waals surface area (Å²) in [6.45, 7) is 1.97. The number of carbonyl (C=O) groups is 2. The molecule has 2 aromatic heterocycles. The molecule has 0 unspecified atom stereocenters. The second kappa shape index (κ2) is 10.3. The van der Waals surface area contributed by atoms with Crippen LogP contribution < -0.4 is 10.6 Å². The van der Waals surface area contributed by atoms with Crippen LogP contribution in [-0.4, -0.2) is 27.4 Å². The van der Waals surface area contributed by atoms with E-state index >= 15 is 0 Å². The molecule has 2 amide bonds. The molecule has 0 saturated heterocycles. The highest BCUT2D eigenvalue weighted by atomic mass is 35.5. The van der Waals surface area contributed by atoms with Gasteiger partial charge in [0.25, 0.3) is 0 Å². The number of benzene rings is 1. The number of hydrogen-bond donors (Lipinski definition) is 2. The van der Waals surface area contributed by atoms with E-state index in [1.54, 1.807) is 31.5 Å². The molecule has 9 heteroatoms. The minimum absolute atomic E-state index is 0.110. The van der Waals surface area contributed by atoms with Gasteiger partial charge in [-0.25, -0.2) is 9.37 Å². The van der Waals surface area contributed by atoms with Crippen LogP contribution in [0.25, 0.3) is 11.0 Å². The summed E-state index contributed by atoms with van der Waals surface area (Å²) in [4.78, 5) is 29.7. The molecule has 0 bridgehead atoms. The van der Waals surface area contributed by atoms with Gasteiger partial charge in [0, 0.05) is 37.3 Å². The Morgan fingerprint density at radius 2 is 2.00 bits per heavy atom. The molecule has 34 heavy (non-hydrogen) atoms. The summed E-state index contributed by atoms with van der Waals surface area (Å²) in [5.41, 5.74) is 2.57. The summed E-state index contributed by atoms with van der Waals surface area (Å²) in [7, 11) is 1.87. The third-order valence-corrected chi connectivity index (χ3v) is 7.05. The molecular formula is C25H27Cl2FN4O2. The van der Waals surface area contributed by atoms with Crippen LogP contribution in [0.1, 0.15) is 37.3 Å². The van der Waals surface area contributed by atoms with Crippen LogP contribution in [-0.2, 0) is 29.6 Å². The Balaban J connectivity index is 1.25. The quantitative estimate of drug-likeness (QED) is 0.485. The average Bonchev–Trinajstić information content (AvgIpc) is 3.38. The molecular weight excluding hydrogens is 478 g/mol. The number of nitrogens with zero attached hydrogens (tertiary/aromatic N) is 2. The van der Waals surface area contributed by atoms with E-state index in [1.807, 2.05) is 17.7 Å². The van der Waals surface area contributed by atoms with Gasteiger partial charge in [0.1, 0.15) is 17.5 Å². The molecule has 3 atom stereocenters. The molecule has 0 radical (unpaired) electrons. The maximum atomic E-state index is 13.4. The van der Waals surface area contributed by atoms with Gasteiger partial charge in [-0.1, -0.05) is 29.3 Å². The Bertz CT molecular complexity index is 1230. The first kappa shape index (κ1) is 24.5. The zero-order valence-electron chi connectivity index (χ0n) is 19.1. The SMILES string of the molecule is C[C@H](NC(=O)[C@@H]1CC[C@@H](Cc2ccc(F)c(Cl)c2)C1)C(=O)NCc1cnc2c(c1)c(Cl)cn2C. The molecule has 180 valence electrons. The highest BCUT2D eigenvalue weighted by Gasteiger charge is 2.31. The normalized spacial score (nSPS) is 18.7. The third-order valence-electron chi connectivity index (χ3n) is 6.46. The fraction of sp³-hybridized carbons (Fsp3) is 0.400. The molecule has 0 spiro atoms. The molecule has 1 aliphatic rings. The van der Waals surface area contributed by atoms with Gasteiger partial charge >= 0.3 is 0 Å². The number of amides is 2. The Labute approximate surface area is 207 Å². The molecule has 1 saturated carbocycles. The van der Waals surface area contributed by atoms with Crippen LogP contribution >= 0.6 is 23.2 Å². The highest BCUT2D eigenvalue weighted by molar-refractivity contribution is 6.35. The zero-order chi connectivity index (χ0) is 24.4. The van der Waals surface area contributed by atoms with Gasteiger partial charge in [-0.2, -0.15) is 0 Å². The highest BCUT2D eigenvalue weighted by Crippen LogP contribution is 2.34. The van der Waals surface area contributed by atoms with E-state index < -0.39 is 11.9 Å². The van der Waals surface area contributed by atoms with E-state index in [-0.39, 0.29) is 22.8 Å². The van der Waals surface area contributed by atoms with Crippen molar-refractivity contribution in [1.29, 1.82) is 0 Å². The summed E-state index contributed by atoms with van der Waals surface area (Å²) in [6, 6.07) is 6.01. The Morgan fingerprint density at radius 1 is 1.21 bits per heavy atom. The predicted molar refractivity (Wildman–Crippen MR) is 131 cm³/mol. The lowest BCUT2D eigenvalue weighted by Gasteiger charge is -2.17. The third kappa shape index (κ3) is 5.53. The van der Waals surface area contributed by atoms with Crippen LogP contribution in [0, 0.1) is 17.7 Å². The molecule has 1 aromatic carbocycles. The van der Waals surface area contributed by atoms with Crippen LogP contribution in [0.3, 0.4) is 0 Å². The van der Waals surface area contributed by atoms with Crippen LogP contribution in [0.15, 0.2) is 36.7 Å². The maximum absolute atomic E-state index is 13.4. The van der Waals surface area contributed by atoms with Crippen molar-refractivity contribution in [1.82, 2.24) is 20.2 Å². The van der Waals surface area contributed by atoms with Crippen molar-refractivity contribution < 1.29 is 14.0 Å². The van der Waals surface area contributed by atoms with Gasteiger partial charge in [-0.3, -0.25) is 9.59 Å². The van der Waals surface area contributed by atoms with Crippen molar-refractivity contribution in [2.75, 3.05) is 0 Å². The summed E-state index contributed by atoms with van der Waals surface area (Å²) >= 11 is 12.1. The largest absolute Gasteiger partial charge is 0.350 e. The van der Waals surface area contributed by atoms with Gasteiger partial charge in [0.05, 0.1) is 10.0 Å². The number of pyridine rings is 1. The van der Waals surface area contributed by atoms with Crippen molar-refractivity contribution in [2.24, 2.45) is 18.9 Å². The zero-order valence-corrected chi connectivity index (χ0v) is 20.6. The standard InChI is InChI=1S/C25H27Cl2FN4O2/c1-14(24(33)30-12-17-9-19-21(27)13-32(2)23(19)29-11-17)31-25(34)18-5-3-15(8-18)7-16-4-6-22(28)20(26)10-16/h4,6,9-11,13-15,18H,3,5,7-8,12H2,1-2H3,(H,30,33)(H,31,34)/t14-,15-,18+/m0/s1. The van der Waals surface area contributed by atoms with E-state index in [4.69, 9.17) is 23.2 Å². The number of rotatable bonds is 7. The van der Waals surface area contributed by atoms with E-state index in [0.717, 1.165) is 47.8 Å². The number of fused-ring (bicyclic) bond motifs is 1. The first-order valence-electron chi connectivity index (χ1n) is 11.3. The first-order valence-corrected chi connectivity index (χ1v) is 12.1. The van der Waals surface area contributed by atoms with Crippen molar-refractivity contribution in [3.63, 3.8) is 0 Å². The summed E-state index contributed by atoms with van der Waals surface area (Å²) in [5, 5.41) is 7.24. The topological polar surface area (TPSA) is 76.0 Å². The molecule has 6 nitrogen and oxygen atoms in total. The van der Waals surface area contributed by atoms with E-state index in [2.05, 4.69) is 15.6 Å². The number of aromatic nitrogens is 2. The van der Waals surface area contributed by atoms with E-state index in [1.165, 1.54) is 6.07 Å². The minimum Gasteiger partial charge on any atom is -0.350 e. The minimum atomic E-state index is -0.653. The number of nitrogens with one attached hydrogen (secondary N) is 2. The lowest BCUT2D eigenvalue weighted by Crippen LogP contribution is -2.46. The first-order chi connectivity index (χ1) is 16.2. The van der Waals surface area contributed by atoms with Crippen molar-refractivity contribution in [2.45, 2.75) is 45.2 Å². The summed E-state index contributed by atoms with van der Waals surface area (Å²) in [5.74, 6) is -0.608. The summed E-state index contributed by atoms with van der Waals surface area (Å²) < 4.78 is 15.2. The van der Waals surface area contributed by atoms with Gasteiger partial charge in [0.2, 0.25) is 11.8 Å². The fourth-order valence-electron chi connectivity index (χ4n) is 4.59. The number of halogens is 3. The van der Waals surface area contributed by atoms with Crippen molar-refractivity contribution in [3.8, 4) is 0 Å². The smallest absolute Gasteiger partial charge is 0.242 e. The number of aryl methyl sites for hydroxylation is 1.